The van der Waals surface area contributed by atoms with Gasteiger partial charge in [0.1, 0.15) is 10.2 Å². The second-order valence-corrected chi connectivity index (χ2v) is 5.57. The quantitative estimate of drug-likeness (QED) is 0.854. The molecule has 0 bridgehead atoms. The third kappa shape index (κ3) is 5.17. The molecule has 0 radical (unpaired) electrons. The van der Waals surface area contributed by atoms with Gasteiger partial charge in [-0.05, 0) is 55.3 Å². The number of carbonyl (C=O) groups is 1. The Morgan fingerprint density at radius 3 is 2.71 bits per heavy atom. The molecule has 1 heterocycles. The first-order chi connectivity index (χ1) is 7.78. The minimum atomic E-state index is -0.482. The first kappa shape index (κ1) is 14.0. The molecule has 5 heteroatoms. The molecule has 1 N–H and O–H groups in total. The maximum atomic E-state index is 11.5. The van der Waals surface area contributed by atoms with Crippen LogP contribution in [0.4, 0.5) is 4.79 Å². The van der Waals surface area contributed by atoms with Crippen LogP contribution in [0.3, 0.4) is 0 Å². The van der Waals surface area contributed by atoms with Gasteiger partial charge in [-0.1, -0.05) is 6.07 Å². The van der Waals surface area contributed by atoms with Crippen LogP contribution >= 0.6 is 15.9 Å². The third-order valence-electron chi connectivity index (χ3n) is 1.97. The summed E-state index contributed by atoms with van der Waals surface area (Å²) in [6, 6.07) is 3.81. The number of carbonyl (C=O) groups excluding carboxylic acids is 1. The van der Waals surface area contributed by atoms with Gasteiger partial charge < -0.3 is 10.1 Å². The lowest BCUT2D eigenvalue weighted by atomic mass is 10.2. The number of ether oxygens (including phenoxy) is 1. The van der Waals surface area contributed by atoms with Crippen LogP contribution in [0.25, 0.3) is 0 Å². The number of amides is 1. The summed E-state index contributed by atoms with van der Waals surface area (Å²) in [7, 11) is 0. The van der Waals surface area contributed by atoms with Crippen LogP contribution in [0.15, 0.2) is 16.7 Å². The number of aryl methyl sites for hydroxylation is 1. The Kier molecular flexibility index (Phi) is 4.51. The second kappa shape index (κ2) is 5.49. The number of halogens is 1. The van der Waals surface area contributed by atoms with E-state index in [9.17, 15) is 4.79 Å². The van der Waals surface area contributed by atoms with Crippen LogP contribution < -0.4 is 5.32 Å². The zero-order valence-electron chi connectivity index (χ0n) is 10.5. The van der Waals surface area contributed by atoms with Gasteiger partial charge in [-0.25, -0.2) is 9.78 Å². The van der Waals surface area contributed by atoms with E-state index in [0.717, 1.165) is 15.9 Å². The average Bonchev–Trinajstić information content (AvgIpc) is 2.17. The molecule has 0 fully saturated rings. The molecule has 94 valence electrons. The van der Waals surface area contributed by atoms with Crippen molar-refractivity contribution in [3.63, 3.8) is 0 Å². The van der Waals surface area contributed by atoms with E-state index < -0.39 is 11.7 Å². The van der Waals surface area contributed by atoms with Gasteiger partial charge in [-0.15, -0.1) is 0 Å². The largest absolute Gasteiger partial charge is 0.444 e. The van der Waals surface area contributed by atoms with Gasteiger partial charge in [-0.2, -0.15) is 0 Å². The molecule has 1 aromatic rings. The van der Waals surface area contributed by atoms with Crippen LogP contribution in [0.5, 0.6) is 0 Å². The Bertz CT molecular complexity index is 413. The molecule has 4 nitrogen and oxygen atoms in total. The highest BCUT2D eigenvalue weighted by Crippen LogP contribution is 2.11. The van der Waals surface area contributed by atoms with Crippen LogP contribution in [-0.2, 0) is 11.3 Å². The molecule has 0 spiro atoms. The summed E-state index contributed by atoms with van der Waals surface area (Å²) >= 11 is 3.30. The Hall–Kier alpha value is -1.10. The highest BCUT2D eigenvalue weighted by Gasteiger charge is 2.16. The van der Waals surface area contributed by atoms with E-state index in [-0.39, 0.29) is 0 Å². The fourth-order valence-electron chi connectivity index (χ4n) is 1.19. The van der Waals surface area contributed by atoms with Crippen molar-refractivity contribution < 1.29 is 9.53 Å². The number of nitrogens with one attached hydrogen (secondary N) is 1. The molecular formula is C12H17BrN2O2. The lowest BCUT2D eigenvalue weighted by Gasteiger charge is -2.19. The van der Waals surface area contributed by atoms with Gasteiger partial charge in [-0.3, -0.25) is 0 Å². The van der Waals surface area contributed by atoms with Gasteiger partial charge in [0.05, 0.1) is 12.2 Å². The minimum Gasteiger partial charge on any atom is -0.444 e. The van der Waals surface area contributed by atoms with Crippen molar-refractivity contribution in [3.8, 4) is 0 Å². The summed E-state index contributed by atoms with van der Waals surface area (Å²) in [5.74, 6) is 0. The van der Waals surface area contributed by atoms with E-state index in [1.807, 2.05) is 39.8 Å². The number of alkyl carbamates (subject to hydrolysis) is 1. The highest BCUT2D eigenvalue weighted by atomic mass is 79.9. The van der Waals surface area contributed by atoms with E-state index in [1.54, 1.807) is 0 Å². The molecule has 0 aliphatic rings. The average molecular weight is 301 g/mol. The predicted octanol–water partition coefficient (Wildman–Crippen LogP) is 3.18. The number of rotatable bonds is 2. The first-order valence-corrected chi connectivity index (χ1v) is 6.16. The Labute approximate surface area is 110 Å². The van der Waals surface area contributed by atoms with Crippen molar-refractivity contribution in [1.82, 2.24) is 10.3 Å². The topological polar surface area (TPSA) is 51.2 Å². The summed E-state index contributed by atoms with van der Waals surface area (Å²) in [5, 5.41) is 2.68. The summed E-state index contributed by atoms with van der Waals surface area (Å²) in [6.07, 6.45) is -0.432. The van der Waals surface area contributed by atoms with E-state index in [0.29, 0.717) is 6.54 Å². The Morgan fingerprint density at radius 2 is 2.12 bits per heavy atom. The lowest BCUT2D eigenvalue weighted by Crippen LogP contribution is -2.32. The number of pyridine rings is 1. The Balaban J connectivity index is 2.56. The normalized spacial score (nSPS) is 11.1. The fraction of sp³-hybridized carbons (Fsp3) is 0.500. The molecular weight excluding hydrogens is 284 g/mol. The van der Waals surface area contributed by atoms with Crippen LogP contribution in [0.1, 0.15) is 32.0 Å². The van der Waals surface area contributed by atoms with Crippen molar-refractivity contribution in [2.24, 2.45) is 0 Å². The number of hydrogen-bond acceptors (Lipinski definition) is 3. The standard InChI is InChI=1S/C12H17BrN2O2/c1-8-5-6-10(13)15-9(8)7-14-11(16)17-12(2,3)4/h5-6H,7H2,1-4H3,(H,14,16). The van der Waals surface area contributed by atoms with Crippen LogP contribution in [0.2, 0.25) is 0 Å². The smallest absolute Gasteiger partial charge is 0.407 e. The molecule has 1 aromatic heterocycles. The molecule has 1 amide bonds. The summed E-state index contributed by atoms with van der Waals surface area (Å²) in [5.41, 5.74) is 1.37. The van der Waals surface area contributed by atoms with Crippen LogP contribution in [0, 0.1) is 6.92 Å². The SMILES string of the molecule is Cc1ccc(Br)nc1CNC(=O)OC(C)(C)C. The minimum absolute atomic E-state index is 0.361. The molecule has 1 rings (SSSR count). The molecule has 0 atom stereocenters. The fourth-order valence-corrected chi connectivity index (χ4v) is 1.54. The van der Waals surface area contributed by atoms with E-state index in [2.05, 4.69) is 26.2 Å². The van der Waals surface area contributed by atoms with Crippen molar-refractivity contribution >= 4 is 22.0 Å². The summed E-state index contributed by atoms with van der Waals surface area (Å²) < 4.78 is 5.89. The van der Waals surface area contributed by atoms with E-state index >= 15 is 0 Å². The molecule has 0 unspecified atom stereocenters. The lowest BCUT2D eigenvalue weighted by molar-refractivity contribution is 0.0523. The van der Waals surface area contributed by atoms with Crippen molar-refractivity contribution in [1.29, 1.82) is 0 Å². The maximum Gasteiger partial charge on any atom is 0.407 e. The van der Waals surface area contributed by atoms with Gasteiger partial charge >= 0.3 is 6.09 Å². The molecule has 0 saturated heterocycles. The number of hydrogen-bond donors (Lipinski definition) is 1. The monoisotopic (exact) mass is 300 g/mol. The highest BCUT2D eigenvalue weighted by molar-refractivity contribution is 9.10. The zero-order valence-corrected chi connectivity index (χ0v) is 12.1. The maximum absolute atomic E-state index is 11.5. The summed E-state index contributed by atoms with van der Waals surface area (Å²) in [4.78, 5) is 15.7. The van der Waals surface area contributed by atoms with E-state index in [1.165, 1.54) is 0 Å². The van der Waals surface area contributed by atoms with E-state index in [4.69, 9.17) is 4.74 Å². The van der Waals surface area contributed by atoms with Gasteiger partial charge in [0.2, 0.25) is 0 Å². The second-order valence-electron chi connectivity index (χ2n) is 4.75. The molecule has 0 saturated carbocycles. The van der Waals surface area contributed by atoms with Crippen molar-refractivity contribution in [2.75, 3.05) is 0 Å². The molecule has 0 aliphatic carbocycles. The molecule has 0 aromatic carbocycles. The molecule has 17 heavy (non-hydrogen) atoms. The summed E-state index contributed by atoms with van der Waals surface area (Å²) in [6.45, 7) is 7.80. The predicted molar refractivity (Wildman–Crippen MR) is 69.7 cm³/mol. The van der Waals surface area contributed by atoms with Crippen LogP contribution in [-0.4, -0.2) is 16.7 Å². The Morgan fingerprint density at radius 1 is 1.47 bits per heavy atom. The number of aromatic nitrogens is 1. The van der Waals surface area contributed by atoms with Crippen molar-refractivity contribution in [2.45, 2.75) is 39.8 Å². The number of nitrogens with zero attached hydrogens (tertiary/aromatic N) is 1. The van der Waals surface area contributed by atoms with Gasteiger partial charge in [0.25, 0.3) is 0 Å². The molecule has 0 aliphatic heterocycles. The van der Waals surface area contributed by atoms with Gasteiger partial charge in [0, 0.05) is 0 Å². The third-order valence-corrected chi connectivity index (χ3v) is 2.41. The zero-order chi connectivity index (χ0) is 13.1. The van der Waals surface area contributed by atoms with Gasteiger partial charge in [0.15, 0.2) is 0 Å². The van der Waals surface area contributed by atoms with Crippen molar-refractivity contribution in [3.05, 3.63) is 28.0 Å². The first-order valence-electron chi connectivity index (χ1n) is 5.37.